The van der Waals surface area contributed by atoms with Gasteiger partial charge in [-0.05, 0) is 49.9 Å². The van der Waals surface area contributed by atoms with Crippen LogP contribution >= 0.6 is 0 Å². The van der Waals surface area contributed by atoms with Crippen LogP contribution in [0.3, 0.4) is 0 Å². The lowest BCUT2D eigenvalue weighted by atomic mass is 10.0. The second-order valence-corrected chi connectivity index (χ2v) is 12.7. The number of nitrogens with one attached hydrogen (secondary N) is 1. The molecule has 0 bridgehead atoms. The predicted octanol–water partition coefficient (Wildman–Crippen LogP) is 4.77. The van der Waals surface area contributed by atoms with Gasteiger partial charge >= 0.3 is 0 Å². The molecule has 7 nitrogen and oxygen atoms in total. The average molecular weight is 562 g/mol. The van der Waals surface area contributed by atoms with Crippen molar-refractivity contribution in [2.75, 3.05) is 17.1 Å². The Morgan fingerprint density at radius 2 is 1.43 bits per heavy atom. The molecule has 0 spiro atoms. The van der Waals surface area contributed by atoms with Gasteiger partial charge in [0.05, 0.1) is 11.9 Å². The SMILES string of the molecule is Cc1ccc(CN(C(=O)CN(c2ccc(C)cc2)S(C)(=O)=O)[C@H](Cc2ccccc2)C(=O)NC2CCCC2)cc1. The summed E-state index contributed by atoms with van der Waals surface area (Å²) in [4.78, 5) is 29.5. The highest BCUT2D eigenvalue weighted by Crippen LogP contribution is 2.22. The van der Waals surface area contributed by atoms with Crippen molar-refractivity contribution in [3.63, 3.8) is 0 Å². The van der Waals surface area contributed by atoms with Gasteiger partial charge in [0, 0.05) is 19.0 Å². The lowest BCUT2D eigenvalue weighted by Crippen LogP contribution is -2.54. The zero-order valence-electron chi connectivity index (χ0n) is 23.5. The van der Waals surface area contributed by atoms with Gasteiger partial charge in [-0.3, -0.25) is 13.9 Å². The molecule has 1 aliphatic carbocycles. The molecule has 3 aromatic rings. The number of aryl methyl sites for hydroxylation is 2. The molecule has 0 radical (unpaired) electrons. The maximum absolute atomic E-state index is 14.1. The molecule has 0 aliphatic heterocycles. The second kappa shape index (κ2) is 13.1. The Morgan fingerprint density at radius 3 is 2.00 bits per heavy atom. The number of carbonyl (C=O) groups excluding carboxylic acids is 2. The molecule has 8 heteroatoms. The van der Waals surface area contributed by atoms with Crippen molar-refractivity contribution in [2.45, 2.75) is 64.6 Å². The fraction of sp³-hybridized carbons (Fsp3) is 0.375. The second-order valence-electron chi connectivity index (χ2n) is 10.8. The van der Waals surface area contributed by atoms with Crippen LogP contribution in [0.25, 0.3) is 0 Å². The molecule has 1 aliphatic rings. The van der Waals surface area contributed by atoms with E-state index in [1.807, 2.05) is 80.6 Å². The van der Waals surface area contributed by atoms with E-state index in [4.69, 9.17) is 0 Å². The Bertz CT molecular complexity index is 1380. The highest BCUT2D eigenvalue weighted by atomic mass is 32.2. The van der Waals surface area contributed by atoms with E-state index >= 15 is 0 Å². The lowest BCUT2D eigenvalue weighted by molar-refractivity contribution is -0.140. The standard InChI is InChI=1S/C32H39N3O4S/c1-24-13-17-27(18-14-24)22-34(31(36)23-35(40(3,38)39)29-19-15-25(2)16-20-29)30(21-26-9-5-4-6-10-26)32(37)33-28-11-7-8-12-28/h4-6,9-10,13-20,28,30H,7-8,11-12,21-23H2,1-3H3,(H,33,37)/t30-/m1/s1. The number of amides is 2. The van der Waals surface area contributed by atoms with E-state index in [0.29, 0.717) is 12.1 Å². The molecular weight excluding hydrogens is 522 g/mol. The quantitative estimate of drug-likeness (QED) is 0.366. The van der Waals surface area contributed by atoms with Crippen LogP contribution in [0.15, 0.2) is 78.9 Å². The predicted molar refractivity (Wildman–Crippen MR) is 159 cm³/mol. The normalized spacial score (nSPS) is 14.5. The zero-order chi connectivity index (χ0) is 28.7. The summed E-state index contributed by atoms with van der Waals surface area (Å²) in [6, 6.07) is 23.8. The first-order chi connectivity index (χ1) is 19.1. The molecule has 212 valence electrons. The van der Waals surface area contributed by atoms with Crippen molar-refractivity contribution < 1.29 is 18.0 Å². The van der Waals surface area contributed by atoms with Crippen LogP contribution in [0.4, 0.5) is 5.69 Å². The number of hydrogen-bond donors (Lipinski definition) is 1. The number of benzene rings is 3. The summed E-state index contributed by atoms with van der Waals surface area (Å²) < 4.78 is 26.9. The molecule has 1 fully saturated rings. The van der Waals surface area contributed by atoms with Crippen molar-refractivity contribution in [2.24, 2.45) is 0 Å². The Balaban J connectivity index is 1.71. The molecule has 0 unspecified atom stereocenters. The van der Waals surface area contributed by atoms with Gasteiger partial charge < -0.3 is 10.2 Å². The number of carbonyl (C=O) groups is 2. The summed E-state index contributed by atoms with van der Waals surface area (Å²) >= 11 is 0. The van der Waals surface area contributed by atoms with Gasteiger partial charge in [-0.1, -0.05) is 90.7 Å². The number of nitrogens with zero attached hydrogens (tertiary/aromatic N) is 2. The maximum Gasteiger partial charge on any atom is 0.244 e. The fourth-order valence-electron chi connectivity index (χ4n) is 5.14. The van der Waals surface area contributed by atoms with Crippen molar-refractivity contribution in [3.8, 4) is 0 Å². The smallest absolute Gasteiger partial charge is 0.244 e. The van der Waals surface area contributed by atoms with Gasteiger partial charge in [0.25, 0.3) is 0 Å². The summed E-state index contributed by atoms with van der Waals surface area (Å²) in [6.45, 7) is 3.68. The third-order valence-corrected chi connectivity index (χ3v) is 8.59. The molecule has 0 aromatic heterocycles. The van der Waals surface area contributed by atoms with Crippen LogP contribution < -0.4 is 9.62 Å². The zero-order valence-corrected chi connectivity index (χ0v) is 24.4. The fourth-order valence-corrected chi connectivity index (χ4v) is 5.99. The first kappa shape index (κ1) is 29.3. The molecule has 0 heterocycles. The summed E-state index contributed by atoms with van der Waals surface area (Å²) in [5.74, 6) is -0.647. The highest BCUT2D eigenvalue weighted by molar-refractivity contribution is 7.92. The Kier molecular flexibility index (Phi) is 9.63. The van der Waals surface area contributed by atoms with Crippen molar-refractivity contribution in [1.82, 2.24) is 10.2 Å². The van der Waals surface area contributed by atoms with E-state index in [0.717, 1.165) is 58.5 Å². The van der Waals surface area contributed by atoms with E-state index < -0.39 is 28.5 Å². The molecular formula is C32H39N3O4S. The Hall–Kier alpha value is -3.65. The summed E-state index contributed by atoms with van der Waals surface area (Å²) in [6.07, 6.45) is 5.40. The summed E-state index contributed by atoms with van der Waals surface area (Å²) in [5, 5.41) is 3.19. The highest BCUT2D eigenvalue weighted by Gasteiger charge is 2.34. The molecule has 1 N–H and O–H groups in total. The maximum atomic E-state index is 14.1. The Labute approximate surface area is 238 Å². The summed E-state index contributed by atoms with van der Waals surface area (Å²) in [7, 11) is -3.78. The van der Waals surface area contributed by atoms with Gasteiger partial charge in [0.1, 0.15) is 12.6 Å². The van der Waals surface area contributed by atoms with Gasteiger partial charge in [-0.25, -0.2) is 8.42 Å². The molecule has 3 aromatic carbocycles. The van der Waals surface area contributed by atoms with E-state index in [-0.39, 0.29) is 18.5 Å². The van der Waals surface area contributed by atoms with E-state index in [1.54, 1.807) is 17.0 Å². The van der Waals surface area contributed by atoms with Crippen LogP contribution in [0, 0.1) is 13.8 Å². The van der Waals surface area contributed by atoms with Crippen molar-refractivity contribution in [1.29, 1.82) is 0 Å². The minimum atomic E-state index is -3.78. The van der Waals surface area contributed by atoms with E-state index in [2.05, 4.69) is 5.32 Å². The van der Waals surface area contributed by atoms with Gasteiger partial charge in [0.15, 0.2) is 0 Å². The van der Waals surface area contributed by atoms with Gasteiger partial charge in [-0.2, -0.15) is 0 Å². The summed E-state index contributed by atoms with van der Waals surface area (Å²) in [5.41, 5.74) is 4.27. The molecule has 1 atom stereocenters. The Morgan fingerprint density at radius 1 is 0.850 bits per heavy atom. The molecule has 0 saturated heterocycles. The average Bonchev–Trinajstić information content (AvgIpc) is 3.44. The van der Waals surface area contributed by atoms with Crippen LogP contribution in [-0.2, 0) is 32.6 Å². The number of anilines is 1. The number of hydrogen-bond acceptors (Lipinski definition) is 4. The molecule has 40 heavy (non-hydrogen) atoms. The van der Waals surface area contributed by atoms with Crippen LogP contribution in [0.1, 0.15) is 47.9 Å². The van der Waals surface area contributed by atoms with Crippen LogP contribution in [-0.4, -0.2) is 50.0 Å². The van der Waals surface area contributed by atoms with Crippen LogP contribution in [0.2, 0.25) is 0 Å². The third kappa shape index (κ3) is 7.94. The van der Waals surface area contributed by atoms with Crippen molar-refractivity contribution in [3.05, 3.63) is 101 Å². The number of rotatable bonds is 11. The first-order valence-electron chi connectivity index (χ1n) is 13.8. The largest absolute Gasteiger partial charge is 0.352 e. The van der Waals surface area contributed by atoms with Crippen LogP contribution in [0.5, 0.6) is 0 Å². The third-order valence-electron chi connectivity index (χ3n) is 7.45. The van der Waals surface area contributed by atoms with Gasteiger partial charge in [-0.15, -0.1) is 0 Å². The van der Waals surface area contributed by atoms with E-state index in [1.165, 1.54) is 0 Å². The minimum Gasteiger partial charge on any atom is -0.352 e. The monoisotopic (exact) mass is 561 g/mol. The van der Waals surface area contributed by atoms with Crippen molar-refractivity contribution >= 4 is 27.5 Å². The number of sulfonamides is 1. The van der Waals surface area contributed by atoms with E-state index in [9.17, 15) is 18.0 Å². The molecule has 1 saturated carbocycles. The lowest BCUT2D eigenvalue weighted by Gasteiger charge is -2.34. The minimum absolute atomic E-state index is 0.0853. The molecule has 4 rings (SSSR count). The molecule has 2 amide bonds. The first-order valence-corrected chi connectivity index (χ1v) is 15.7. The van der Waals surface area contributed by atoms with Gasteiger partial charge in [0.2, 0.25) is 21.8 Å². The topological polar surface area (TPSA) is 86.8 Å².